The molecule has 6 nitrogen and oxygen atoms in total. The van der Waals surface area contributed by atoms with Crippen LogP contribution in [0.15, 0.2) is 4.42 Å². The fourth-order valence-electron chi connectivity index (χ4n) is 1.97. The van der Waals surface area contributed by atoms with Gasteiger partial charge in [-0.3, -0.25) is 0 Å². The average Bonchev–Trinajstić information content (AvgIpc) is 2.81. The van der Waals surface area contributed by atoms with Crippen LogP contribution in [0, 0.1) is 0 Å². The van der Waals surface area contributed by atoms with E-state index in [0.29, 0.717) is 25.1 Å². The Morgan fingerprint density at radius 3 is 3.00 bits per heavy atom. The second kappa shape index (κ2) is 6.15. The molecular weight excluding hydrogens is 232 g/mol. The van der Waals surface area contributed by atoms with Gasteiger partial charge in [0.05, 0.1) is 25.3 Å². The summed E-state index contributed by atoms with van der Waals surface area (Å²) in [5.74, 6) is 0.643. The summed E-state index contributed by atoms with van der Waals surface area (Å²) in [5.41, 5.74) is 0. The van der Waals surface area contributed by atoms with E-state index < -0.39 is 0 Å². The summed E-state index contributed by atoms with van der Waals surface area (Å²) in [6, 6.07) is 0.879. The van der Waals surface area contributed by atoms with Crippen molar-refractivity contribution in [3.63, 3.8) is 0 Å². The van der Waals surface area contributed by atoms with Crippen molar-refractivity contribution in [1.82, 2.24) is 15.5 Å². The average molecular weight is 254 g/mol. The summed E-state index contributed by atoms with van der Waals surface area (Å²) in [7, 11) is 0. The predicted molar refractivity (Wildman–Crippen MR) is 68.5 cm³/mol. The Hall–Kier alpha value is -1.14. The molecule has 0 spiro atoms. The molecule has 0 saturated carbocycles. The van der Waals surface area contributed by atoms with Crippen LogP contribution >= 0.6 is 0 Å². The number of morpholine rings is 1. The summed E-state index contributed by atoms with van der Waals surface area (Å²) < 4.78 is 11.3. The van der Waals surface area contributed by atoms with Crippen molar-refractivity contribution >= 4 is 6.01 Å². The lowest BCUT2D eigenvalue weighted by atomic mass is 10.2. The van der Waals surface area contributed by atoms with Crippen molar-refractivity contribution in [2.24, 2.45) is 0 Å². The maximum absolute atomic E-state index is 5.67. The lowest BCUT2D eigenvalue weighted by Gasteiger charge is -2.35. The monoisotopic (exact) mass is 254 g/mol. The molecule has 2 heterocycles. The maximum Gasteiger partial charge on any atom is 0.318 e. The number of aromatic nitrogens is 2. The largest absolute Gasteiger partial charge is 0.407 e. The first-order chi connectivity index (χ1) is 8.70. The van der Waals surface area contributed by atoms with Crippen LogP contribution in [0.3, 0.4) is 0 Å². The number of anilines is 1. The fourth-order valence-corrected chi connectivity index (χ4v) is 1.97. The van der Waals surface area contributed by atoms with E-state index >= 15 is 0 Å². The molecule has 2 atom stereocenters. The Labute approximate surface area is 108 Å². The minimum absolute atomic E-state index is 0.203. The van der Waals surface area contributed by atoms with Crippen LogP contribution in [0.5, 0.6) is 0 Å². The van der Waals surface area contributed by atoms with Crippen LogP contribution in [0.4, 0.5) is 6.01 Å². The highest BCUT2D eigenvalue weighted by atomic mass is 16.5. The van der Waals surface area contributed by atoms with Gasteiger partial charge in [0.25, 0.3) is 0 Å². The number of hydrogen-bond acceptors (Lipinski definition) is 6. The SMILES string of the molecule is CCCNCc1nnc(N2CC(C)OCC2C)o1. The van der Waals surface area contributed by atoms with Crippen LogP contribution in [-0.2, 0) is 11.3 Å². The third kappa shape index (κ3) is 3.20. The Bertz CT molecular complexity index is 369. The van der Waals surface area contributed by atoms with Crippen molar-refractivity contribution in [2.75, 3.05) is 24.6 Å². The molecular formula is C12H22N4O2. The van der Waals surface area contributed by atoms with Gasteiger partial charge in [0.15, 0.2) is 0 Å². The van der Waals surface area contributed by atoms with Crippen LogP contribution in [0.25, 0.3) is 0 Å². The van der Waals surface area contributed by atoms with Gasteiger partial charge in [0.1, 0.15) is 0 Å². The molecule has 1 aliphatic rings. The van der Waals surface area contributed by atoms with Gasteiger partial charge >= 0.3 is 6.01 Å². The van der Waals surface area contributed by atoms with Gasteiger partial charge in [-0.15, -0.1) is 5.10 Å². The molecule has 6 heteroatoms. The van der Waals surface area contributed by atoms with Gasteiger partial charge < -0.3 is 19.4 Å². The zero-order valence-corrected chi connectivity index (χ0v) is 11.3. The highest BCUT2D eigenvalue weighted by molar-refractivity contribution is 5.27. The maximum atomic E-state index is 5.67. The third-order valence-electron chi connectivity index (χ3n) is 3.01. The van der Waals surface area contributed by atoms with Gasteiger partial charge in [0.2, 0.25) is 5.89 Å². The second-order valence-electron chi connectivity index (χ2n) is 4.80. The second-order valence-corrected chi connectivity index (χ2v) is 4.80. The molecule has 1 aromatic heterocycles. The van der Waals surface area contributed by atoms with Crippen molar-refractivity contribution in [3.05, 3.63) is 5.89 Å². The van der Waals surface area contributed by atoms with Crippen LogP contribution in [-0.4, -0.2) is 42.0 Å². The summed E-state index contributed by atoms with van der Waals surface area (Å²) >= 11 is 0. The third-order valence-corrected chi connectivity index (χ3v) is 3.01. The van der Waals surface area contributed by atoms with Crippen LogP contribution in [0.1, 0.15) is 33.1 Å². The molecule has 0 aromatic carbocycles. The summed E-state index contributed by atoms with van der Waals surface area (Å²) in [6.07, 6.45) is 1.30. The molecule has 1 fully saturated rings. The standard InChI is InChI=1S/C12H22N4O2/c1-4-5-13-6-11-14-15-12(18-11)16-7-10(3)17-8-9(16)2/h9-10,13H,4-8H2,1-3H3. The quantitative estimate of drug-likeness (QED) is 0.796. The normalized spacial score (nSPS) is 24.5. The molecule has 0 bridgehead atoms. The molecule has 0 amide bonds. The first kappa shape index (κ1) is 13.3. The molecule has 102 valence electrons. The Morgan fingerprint density at radius 2 is 2.22 bits per heavy atom. The van der Waals surface area contributed by atoms with Crippen LogP contribution < -0.4 is 10.2 Å². The zero-order valence-electron chi connectivity index (χ0n) is 11.3. The first-order valence-corrected chi connectivity index (χ1v) is 6.62. The topological polar surface area (TPSA) is 63.4 Å². The van der Waals surface area contributed by atoms with Gasteiger partial charge in [0, 0.05) is 6.54 Å². The first-order valence-electron chi connectivity index (χ1n) is 6.62. The predicted octanol–water partition coefficient (Wildman–Crippen LogP) is 1.18. The van der Waals surface area contributed by atoms with E-state index in [1.807, 2.05) is 0 Å². The van der Waals surface area contributed by atoms with E-state index in [-0.39, 0.29) is 12.1 Å². The Balaban J connectivity index is 1.95. The lowest BCUT2D eigenvalue weighted by molar-refractivity contribution is 0.0321. The molecule has 2 rings (SSSR count). The lowest BCUT2D eigenvalue weighted by Crippen LogP contribution is -2.47. The van der Waals surface area contributed by atoms with E-state index in [2.05, 4.69) is 41.2 Å². The molecule has 18 heavy (non-hydrogen) atoms. The van der Waals surface area contributed by atoms with Crippen molar-refractivity contribution < 1.29 is 9.15 Å². The summed E-state index contributed by atoms with van der Waals surface area (Å²) in [5, 5.41) is 11.4. The Kier molecular flexibility index (Phi) is 4.54. The summed E-state index contributed by atoms with van der Waals surface area (Å²) in [4.78, 5) is 2.12. The highest BCUT2D eigenvalue weighted by Crippen LogP contribution is 2.20. The number of nitrogens with one attached hydrogen (secondary N) is 1. The fraction of sp³-hybridized carbons (Fsp3) is 0.833. The van der Waals surface area contributed by atoms with Gasteiger partial charge in [-0.1, -0.05) is 12.0 Å². The smallest absolute Gasteiger partial charge is 0.318 e. The van der Waals surface area contributed by atoms with E-state index in [0.717, 1.165) is 19.5 Å². The van der Waals surface area contributed by atoms with Gasteiger partial charge in [-0.2, -0.15) is 0 Å². The van der Waals surface area contributed by atoms with E-state index in [9.17, 15) is 0 Å². The van der Waals surface area contributed by atoms with Crippen LogP contribution in [0.2, 0.25) is 0 Å². The van der Waals surface area contributed by atoms with Gasteiger partial charge in [-0.25, -0.2) is 0 Å². The minimum Gasteiger partial charge on any atom is -0.407 e. The number of ether oxygens (including phenoxy) is 1. The summed E-state index contributed by atoms with van der Waals surface area (Å²) in [6.45, 7) is 9.38. The highest BCUT2D eigenvalue weighted by Gasteiger charge is 2.27. The Morgan fingerprint density at radius 1 is 1.39 bits per heavy atom. The van der Waals surface area contributed by atoms with Crippen molar-refractivity contribution in [3.8, 4) is 0 Å². The van der Waals surface area contributed by atoms with E-state index in [4.69, 9.17) is 9.15 Å². The zero-order chi connectivity index (χ0) is 13.0. The number of nitrogens with zero attached hydrogens (tertiary/aromatic N) is 3. The van der Waals surface area contributed by atoms with E-state index in [1.165, 1.54) is 0 Å². The van der Waals surface area contributed by atoms with Crippen molar-refractivity contribution in [2.45, 2.75) is 45.9 Å². The van der Waals surface area contributed by atoms with E-state index in [1.54, 1.807) is 0 Å². The molecule has 1 N–H and O–H groups in total. The molecule has 1 aliphatic heterocycles. The minimum atomic E-state index is 0.203. The molecule has 1 saturated heterocycles. The molecule has 1 aromatic rings. The van der Waals surface area contributed by atoms with Gasteiger partial charge in [-0.05, 0) is 26.8 Å². The molecule has 2 unspecified atom stereocenters. The van der Waals surface area contributed by atoms with Crippen molar-refractivity contribution in [1.29, 1.82) is 0 Å². The number of hydrogen-bond donors (Lipinski definition) is 1. The number of rotatable bonds is 5. The molecule has 0 aliphatic carbocycles. The molecule has 0 radical (unpaired) electrons.